The second-order valence-electron chi connectivity index (χ2n) is 4.52. The lowest BCUT2D eigenvalue weighted by Crippen LogP contribution is -2.15. The summed E-state index contributed by atoms with van der Waals surface area (Å²) >= 11 is 0. The van der Waals surface area contributed by atoms with Crippen molar-refractivity contribution in [1.82, 2.24) is 0 Å². The molecule has 2 N–H and O–H groups in total. The summed E-state index contributed by atoms with van der Waals surface area (Å²) in [6.45, 7) is 1.71. The van der Waals surface area contributed by atoms with Gasteiger partial charge in [-0.05, 0) is 11.6 Å². The minimum absolute atomic E-state index is 0.0675. The SMILES string of the molecule is CC(c1cccc(C(=O)c2ccccc2)c1)C(O)O. The zero-order chi connectivity index (χ0) is 13.8. The molecule has 0 fully saturated rings. The van der Waals surface area contributed by atoms with E-state index in [1.54, 1.807) is 43.3 Å². The lowest BCUT2D eigenvalue weighted by Gasteiger charge is -2.14. The smallest absolute Gasteiger partial charge is 0.193 e. The normalized spacial score (nSPS) is 12.4. The van der Waals surface area contributed by atoms with Crippen LogP contribution in [0.3, 0.4) is 0 Å². The predicted octanol–water partition coefficient (Wildman–Crippen LogP) is 2.33. The monoisotopic (exact) mass is 256 g/mol. The van der Waals surface area contributed by atoms with Gasteiger partial charge in [-0.2, -0.15) is 0 Å². The highest BCUT2D eigenvalue weighted by molar-refractivity contribution is 6.09. The second-order valence-corrected chi connectivity index (χ2v) is 4.52. The van der Waals surface area contributed by atoms with Gasteiger partial charge in [0.05, 0.1) is 0 Å². The van der Waals surface area contributed by atoms with E-state index in [9.17, 15) is 15.0 Å². The molecular formula is C16H16O3. The Labute approximate surface area is 112 Å². The fourth-order valence-electron chi connectivity index (χ4n) is 1.89. The van der Waals surface area contributed by atoms with Gasteiger partial charge in [-0.3, -0.25) is 4.79 Å². The van der Waals surface area contributed by atoms with Crippen LogP contribution in [0, 0.1) is 0 Å². The van der Waals surface area contributed by atoms with Gasteiger partial charge in [-0.1, -0.05) is 55.5 Å². The fourth-order valence-corrected chi connectivity index (χ4v) is 1.89. The second kappa shape index (κ2) is 5.78. The van der Waals surface area contributed by atoms with Gasteiger partial charge in [0.1, 0.15) is 0 Å². The number of rotatable bonds is 4. The van der Waals surface area contributed by atoms with Crippen molar-refractivity contribution in [2.75, 3.05) is 0 Å². The number of benzene rings is 2. The maximum atomic E-state index is 12.3. The van der Waals surface area contributed by atoms with Gasteiger partial charge in [0.25, 0.3) is 0 Å². The highest BCUT2D eigenvalue weighted by atomic mass is 16.5. The summed E-state index contributed by atoms with van der Waals surface area (Å²) in [4.78, 5) is 12.3. The molecule has 0 heterocycles. The Morgan fingerprint density at radius 2 is 1.58 bits per heavy atom. The van der Waals surface area contributed by atoms with Gasteiger partial charge in [0.15, 0.2) is 12.1 Å². The molecule has 2 aromatic rings. The molecule has 2 aromatic carbocycles. The highest BCUT2D eigenvalue weighted by Crippen LogP contribution is 2.20. The molecular weight excluding hydrogens is 240 g/mol. The van der Waals surface area contributed by atoms with E-state index in [1.165, 1.54) is 0 Å². The first-order chi connectivity index (χ1) is 9.09. The average molecular weight is 256 g/mol. The van der Waals surface area contributed by atoms with Crippen LogP contribution in [0.25, 0.3) is 0 Å². The lowest BCUT2D eigenvalue weighted by molar-refractivity contribution is -0.0561. The van der Waals surface area contributed by atoms with Crippen molar-refractivity contribution < 1.29 is 15.0 Å². The zero-order valence-corrected chi connectivity index (χ0v) is 10.7. The molecule has 0 saturated heterocycles. The van der Waals surface area contributed by atoms with E-state index in [2.05, 4.69) is 0 Å². The van der Waals surface area contributed by atoms with Gasteiger partial charge >= 0.3 is 0 Å². The molecule has 0 aliphatic rings. The van der Waals surface area contributed by atoms with E-state index >= 15 is 0 Å². The molecule has 19 heavy (non-hydrogen) atoms. The third kappa shape index (κ3) is 3.08. The molecule has 98 valence electrons. The highest BCUT2D eigenvalue weighted by Gasteiger charge is 2.15. The van der Waals surface area contributed by atoms with E-state index in [4.69, 9.17) is 0 Å². The fraction of sp³-hybridized carbons (Fsp3) is 0.188. The third-order valence-corrected chi connectivity index (χ3v) is 3.16. The van der Waals surface area contributed by atoms with Crippen LogP contribution in [0.2, 0.25) is 0 Å². The summed E-state index contributed by atoms with van der Waals surface area (Å²) in [6, 6.07) is 16.0. The molecule has 1 atom stereocenters. The summed E-state index contributed by atoms with van der Waals surface area (Å²) in [5, 5.41) is 18.4. The Bertz CT molecular complexity index is 561. The molecule has 3 nitrogen and oxygen atoms in total. The quantitative estimate of drug-likeness (QED) is 0.652. The maximum Gasteiger partial charge on any atom is 0.193 e. The summed E-state index contributed by atoms with van der Waals surface area (Å²) in [5.74, 6) is -0.495. The largest absolute Gasteiger partial charge is 0.368 e. The number of aliphatic hydroxyl groups excluding tert-OH is 1. The predicted molar refractivity (Wildman–Crippen MR) is 73.0 cm³/mol. The van der Waals surface area contributed by atoms with Crippen LogP contribution in [0.15, 0.2) is 54.6 Å². The average Bonchev–Trinajstić information content (AvgIpc) is 2.46. The Hall–Kier alpha value is -1.97. The third-order valence-electron chi connectivity index (χ3n) is 3.16. The van der Waals surface area contributed by atoms with Crippen molar-refractivity contribution >= 4 is 5.78 Å². The Balaban J connectivity index is 2.31. The standard InChI is InChI=1S/C16H16O3/c1-11(16(18)19)13-8-5-9-14(10-13)15(17)12-6-3-2-4-7-12/h2-11,16,18-19H,1H3. The lowest BCUT2D eigenvalue weighted by atomic mass is 9.95. The van der Waals surface area contributed by atoms with Crippen LogP contribution < -0.4 is 0 Å². The minimum Gasteiger partial charge on any atom is -0.368 e. The first kappa shape index (κ1) is 13.5. The molecule has 0 saturated carbocycles. The Morgan fingerprint density at radius 3 is 2.21 bits per heavy atom. The number of hydrogen-bond donors (Lipinski definition) is 2. The van der Waals surface area contributed by atoms with E-state index < -0.39 is 12.2 Å². The van der Waals surface area contributed by atoms with E-state index in [-0.39, 0.29) is 5.78 Å². The first-order valence-corrected chi connectivity index (χ1v) is 6.15. The molecule has 2 rings (SSSR count). The van der Waals surface area contributed by atoms with Gasteiger partial charge in [-0.15, -0.1) is 0 Å². The van der Waals surface area contributed by atoms with Crippen molar-refractivity contribution in [2.24, 2.45) is 0 Å². The summed E-state index contributed by atoms with van der Waals surface area (Å²) in [7, 11) is 0. The van der Waals surface area contributed by atoms with Crippen LogP contribution in [-0.4, -0.2) is 22.3 Å². The van der Waals surface area contributed by atoms with E-state index in [1.807, 2.05) is 18.2 Å². The number of hydrogen-bond acceptors (Lipinski definition) is 3. The number of carbonyl (C=O) groups is 1. The topological polar surface area (TPSA) is 57.5 Å². The molecule has 0 aromatic heterocycles. The number of aliphatic hydroxyl groups is 2. The van der Waals surface area contributed by atoms with Crippen LogP contribution in [-0.2, 0) is 0 Å². The molecule has 0 bridgehead atoms. The van der Waals surface area contributed by atoms with Crippen molar-refractivity contribution in [3.05, 3.63) is 71.3 Å². The molecule has 1 unspecified atom stereocenters. The molecule has 0 radical (unpaired) electrons. The molecule has 0 amide bonds. The Morgan fingerprint density at radius 1 is 0.947 bits per heavy atom. The zero-order valence-electron chi connectivity index (χ0n) is 10.7. The van der Waals surface area contributed by atoms with Crippen molar-refractivity contribution in [3.8, 4) is 0 Å². The van der Waals surface area contributed by atoms with E-state index in [0.717, 1.165) is 5.56 Å². The van der Waals surface area contributed by atoms with E-state index in [0.29, 0.717) is 11.1 Å². The van der Waals surface area contributed by atoms with Gasteiger partial charge in [0.2, 0.25) is 0 Å². The molecule has 0 aliphatic carbocycles. The van der Waals surface area contributed by atoms with Crippen LogP contribution in [0.5, 0.6) is 0 Å². The number of ketones is 1. The van der Waals surface area contributed by atoms with Crippen LogP contribution >= 0.6 is 0 Å². The van der Waals surface area contributed by atoms with Crippen molar-refractivity contribution in [1.29, 1.82) is 0 Å². The maximum absolute atomic E-state index is 12.3. The summed E-state index contributed by atoms with van der Waals surface area (Å²) in [5.41, 5.74) is 1.91. The van der Waals surface area contributed by atoms with Crippen LogP contribution in [0.4, 0.5) is 0 Å². The van der Waals surface area contributed by atoms with Crippen molar-refractivity contribution in [2.45, 2.75) is 19.1 Å². The minimum atomic E-state index is -1.43. The van der Waals surface area contributed by atoms with Crippen molar-refractivity contribution in [3.63, 3.8) is 0 Å². The molecule has 3 heteroatoms. The summed E-state index contributed by atoms with van der Waals surface area (Å²) < 4.78 is 0. The van der Waals surface area contributed by atoms with Crippen LogP contribution in [0.1, 0.15) is 34.3 Å². The molecule has 0 spiro atoms. The van der Waals surface area contributed by atoms with Gasteiger partial charge in [-0.25, -0.2) is 0 Å². The van der Waals surface area contributed by atoms with Gasteiger partial charge in [0, 0.05) is 17.0 Å². The Kier molecular flexibility index (Phi) is 4.10. The molecule has 0 aliphatic heterocycles. The summed E-state index contributed by atoms with van der Waals surface area (Å²) in [6.07, 6.45) is -1.43. The van der Waals surface area contributed by atoms with Gasteiger partial charge < -0.3 is 10.2 Å². The number of carbonyl (C=O) groups excluding carboxylic acids is 1. The first-order valence-electron chi connectivity index (χ1n) is 6.15.